The minimum atomic E-state index is -0.419. The molecule has 0 saturated heterocycles. The maximum absolute atomic E-state index is 12.2. The number of methoxy groups -OCH3 is 1. The van der Waals surface area contributed by atoms with Crippen LogP contribution < -0.4 is 15.4 Å². The number of nitrogens with one attached hydrogen (secondary N) is 2. The zero-order chi connectivity index (χ0) is 18.2. The van der Waals surface area contributed by atoms with Crippen LogP contribution in [-0.2, 0) is 11.3 Å². The lowest BCUT2D eigenvalue weighted by atomic mass is 10.1. The summed E-state index contributed by atoms with van der Waals surface area (Å²) in [5, 5.41) is 15.0. The summed E-state index contributed by atoms with van der Waals surface area (Å²) >= 11 is 0. The van der Waals surface area contributed by atoms with Gasteiger partial charge in [-0.15, -0.1) is 0 Å². The van der Waals surface area contributed by atoms with Gasteiger partial charge < -0.3 is 15.4 Å². The Balaban J connectivity index is 2.01. The molecule has 0 unspecified atom stereocenters. The first-order valence-corrected chi connectivity index (χ1v) is 7.89. The highest BCUT2D eigenvalue weighted by Gasteiger charge is 2.09. The molecule has 0 spiro atoms. The van der Waals surface area contributed by atoms with Crippen LogP contribution in [0.5, 0.6) is 5.75 Å². The van der Waals surface area contributed by atoms with Crippen LogP contribution in [0.3, 0.4) is 0 Å². The number of hydrogen-bond donors (Lipinski definition) is 2. The third-order valence-electron chi connectivity index (χ3n) is 3.82. The van der Waals surface area contributed by atoms with Gasteiger partial charge in [0.05, 0.1) is 7.11 Å². The molecule has 0 radical (unpaired) electrons. The average molecular weight is 335 g/mol. The zero-order valence-corrected chi connectivity index (χ0v) is 14.6. The predicted octanol–water partition coefficient (Wildman–Crippen LogP) is 3.45. The Labute approximate surface area is 147 Å². The van der Waals surface area contributed by atoms with Crippen molar-refractivity contribution in [3.63, 3.8) is 0 Å². The molecule has 25 heavy (non-hydrogen) atoms. The number of carbonyl (C=O) groups excluding carboxylic acids is 1. The van der Waals surface area contributed by atoms with Crippen molar-refractivity contribution < 1.29 is 9.53 Å². The molecule has 0 atom stereocenters. The number of aryl methyl sites for hydroxylation is 2. The van der Waals surface area contributed by atoms with Gasteiger partial charge in [0.2, 0.25) is 0 Å². The summed E-state index contributed by atoms with van der Waals surface area (Å²) in [7, 11) is 1.60. The number of amides is 1. The molecule has 0 saturated carbocycles. The largest absolute Gasteiger partial charge is 0.497 e. The summed E-state index contributed by atoms with van der Waals surface area (Å²) in [6, 6.07) is 15.2. The molecule has 0 aliphatic carbocycles. The lowest BCUT2D eigenvalue weighted by molar-refractivity contribution is -0.117. The number of benzene rings is 2. The summed E-state index contributed by atoms with van der Waals surface area (Å²) in [6.07, 6.45) is 1.44. The van der Waals surface area contributed by atoms with Crippen LogP contribution in [-0.4, -0.2) is 13.0 Å². The van der Waals surface area contributed by atoms with E-state index in [2.05, 4.69) is 10.6 Å². The Morgan fingerprint density at radius 1 is 1.16 bits per heavy atom. The van der Waals surface area contributed by atoms with Crippen molar-refractivity contribution in [3.05, 3.63) is 70.9 Å². The summed E-state index contributed by atoms with van der Waals surface area (Å²) in [6.45, 7) is 4.28. The molecule has 5 heteroatoms. The molecule has 2 aromatic rings. The second kappa shape index (κ2) is 8.55. The number of nitrogens with zero attached hydrogens (tertiary/aromatic N) is 1. The van der Waals surface area contributed by atoms with Crippen molar-refractivity contribution in [2.45, 2.75) is 20.4 Å². The number of nitriles is 1. The number of anilines is 1. The number of ether oxygens (including phenoxy) is 1. The van der Waals surface area contributed by atoms with E-state index in [0.29, 0.717) is 6.54 Å². The molecule has 5 nitrogen and oxygen atoms in total. The number of carbonyl (C=O) groups is 1. The van der Waals surface area contributed by atoms with Gasteiger partial charge in [0.1, 0.15) is 17.4 Å². The third-order valence-corrected chi connectivity index (χ3v) is 3.82. The van der Waals surface area contributed by atoms with Gasteiger partial charge in [-0.3, -0.25) is 4.79 Å². The second-order valence-corrected chi connectivity index (χ2v) is 5.61. The van der Waals surface area contributed by atoms with E-state index in [9.17, 15) is 10.1 Å². The molecule has 0 aromatic heterocycles. The zero-order valence-electron chi connectivity index (χ0n) is 14.6. The fraction of sp³-hybridized carbons (Fsp3) is 0.200. The quantitative estimate of drug-likeness (QED) is 0.626. The number of para-hydroxylation sites is 1. The van der Waals surface area contributed by atoms with Gasteiger partial charge in [-0.25, -0.2) is 0 Å². The fourth-order valence-corrected chi connectivity index (χ4v) is 2.36. The van der Waals surface area contributed by atoms with Gasteiger partial charge in [0.25, 0.3) is 5.91 Å². The van der Waals surface area contributed by atoms with E-state index in [1.54, 1.807) is 7.11 Å². The molecule has 2 aromatic carbocycles. The van der Waals surface area contributed by atoms with Crippen LogP contribution in [0.25, 0.3) is 0 Å². The van der Waals surface area contributed by atoms with Crippen molar-refractivity contribution in [2.75, 3.05) is 12.4 Å². The Morgan fingerprint density at radius 3 is 2.36 bits per heavy atom. The summed E-state index contributed by atoms with van der Waals surface area (Å²) in [4.78, 5) is 12.2. The highest BCUT2D eigenvalue weighted by Crippen LogP contribution is 2.19. The predicted molar refractivity (Wildman–Crippen MR) is 98.1 cm³/mol. The molecule has 0 heterocycles. The average Bonchev–Trinajstić information content (AvgIpc) is 2.63. The van der Waals surface area contributed by atoms with Crippen molar-refractivity contribution in [2.24, 2.45) is 0 Å². The summed E-state index contributed by atoms with van der Waals surface area (Å²) in [5.41, 5.74) is 3.95. The molecule has 2 rings (SSSR count). The first kappa shape index (κ1) is 18.1. The Kier molecular flexibility index (Phi) is 6.19. The highest BCUT2D eigenvalue weighted by molar-refractivity contribution is 5.97. The van der Waals surface area contributed by atoms with E-state index >= 15 is 0 Å². The minimum absolute atomic E-state index is 0.0242. The summed E-state index contributed by atoms with van der Waals surface area (Å²) < 4.78 is 5.10. The van der Waals surface area contributed by atoms with Crippen LogP contribution in [0.2, 0.25) is 0 Å². The SMILES string of the molecule is COc1ccc(CNC(=O)/C(C#N)=C\Nc2c(C)cccc2C)cc1. The second-order valence-electron chi connectivity index (χ2n) is 5.61. The van der Waals surface area contributed by atoms with Crippen molar-refractivity contribution >= 4 is 11.6 Å². The Hall–Kier alpha value is -3.26. The van der Waals surface area contributed by atoms with Crippen molar-refractivity contribution in [3.8, 4) is 11.8 Å². The molecule has 0 aliphatic rings. The topological polar surface area (TPSA) is 74.1 Å². The standard InChI is InChI=1S/C20H21N3O2/c1-14-5-4-6-15(2)19(14)22-13-17(11-21)20(24)23-12-16-7-9-18(25-3)10-8-16/h4-10,13,22H,12H2,1-3H3,(H,23,24)/b17-13-. The first-order chi connectivity index (χ1) is 12.0. The van der Waals surface area contributed by atoms with E-state index in [1.165, 1.54) is 6.20 Å². The van der Waals surface area contributed by atoms with Gasteiger partial charge in [0, 0.05) is 18.4 Å². The van der Waals surface area contributed by atoms with E-state index in [0.717, 1.165) is 28.1 Å². The number of hydrogen-bond acceptors (Lipinski definition) is 4. The van der Waals surface area contributed by atoms with E-state index in [-0.39, 0.29) is 5.57 Å². The minimum Gasteiger partial charge on any atom is -0.497 e. The van der Waals surface area contributed by atoms with Gasteiger partial charge in [0.15, 0.2) is 0 Å². The van der Waals surface area contributed by atoms with E-state index in [4.69, 9.17) is 4.74 Å². The molecule has 0 aliphatic heterocycles. The van der Waals surface area contributed by atoms with Crippen LogP contribution in [0.15, 0.2) is 54.2 Å². The highest BCUT2D eigenvalue weighted by atomic mass is 16.5. The lowest BCUT2D eigenvalue weighted by Gasteiger charge is -2.10. The smallest absolute Gasteiger partial charge is 0.263 e. The normalized spacial score (nSPS) is 10.7. The van der Waals surface area contributed by atoms with Gasteiger partial charge in [-0.2, -0.15) is 5.26 Å². The Bertz CT molecular complexity index is 798. The molecule has 0 bridgehead atoms. The van der Waals surface area contributed by atoms with Gasteiger partial charge in [-0.05, 0) is 42.7 Å². The van der Waals surface area contributed by atoms with Crippen molar-refractivity contribution in [1.29, 1.82) is 5.26 Å². The van der Waals surface area contributed by atoms with Crippen molar-refractivity contribution in [1.82, 2.24) is 5.32 Å². The summed E-state index contributed by atoms with van der Waals surface area (Å²) in [5.74, 6) is 0.336. The molecular formula is C20H21N3O2. The monoisotopic (exact) mass is 335 g/mol. The Morgan fingerprint density at radius 2 is 1.80 bits per heavy atom. The molecular weight excluding hydrogens is 314 g/mol. The van der Waals surface area contributed by atoms with E-state index < -0.39 is 5.91 Å². The molecule has 2 N–H and O–H groups in total. The molecule has 1 amide bonds. The molecule has 128 valence electrons. The van der Waals surface area contributed by atoms with Crippen LogP contribution in [0, 0.1) is 25.2 Å². The maximum atomic E-state index is 12.2. The van der Waals surface area contributed by atoms with E-state index in [1.807, 2.05) is 62.4 Å². The third kappa shape index (κ3) is 4.85. The van der Waals surface area contributed by atoms with Crippen LogP contribution in [0.4, 0.5) is 5.69 Å². The lowest BCUT2D eigenvalue weighted by Crippen LogP contribution is -2.24. The molecule has 0 fully saturated rings. The van der Waals surface area contributed by atoms with Crippen LogP contribution >= 0.6 is 0 Å². The van der Waals surface area contributed by atoms with Gasteiger partial charge in [-0.1, -0.05) is 30.3 Å². The maximum Gasteiger partial charge on any atom is 0.263 e. The first-order valence-electron chi connectivity index (χ1n) is 7.89. The van der Waals surface area contributed by atoms with Gasteiger partial charge >= 0.3 is 0 Å². The van der Waals surface area contributed by atoms with Crippen LogP contribution in [0.1, 0.15) is 16.7 Å². The fourth-order valence-electron chi connectivity index (χ4n) is 2.36. The number of rotatable bonds is 6.